The lowest BCUT2D eigenvalue weighted by Gasteiger charge is -2.04. The molecule has 0 spiro atoms. The quantitative estimate of drug-likeness (QED) is 0.909. The summed E-state index contributed by atoms with van der Waals surface area (Å²) in [6, 6.07) is 5.47. The first kappa shape index (κ1) is 13.2. The summed E-state index contributed by atoms with van der Waals surface area (Å²) in [5, 5.41) is 4.22. The predicted octanol–water partition coefficient (Wildman–Crippen LogP) is 3.76. The number of aryl methyl sites for hydroxylation is 1. The van der Waals surface area contributed by atoms with Crippen LogP contribution in [0.4, 0.5) is 4.39 Å². The summed E-state index contributed by atoms with van der Waals surface area (Å²) in [6.07, 6.45) is 1.86. The molecule has 1 N–H and O–H groups in total. The monoisotopic (exact) mass is 264 g/mol. The second-order valence-corrected chi connectivity index (χ2v) is 5.80. The van der Waals surface area contributed by atoms with Crippen molar-refractivity contribution in [3.63, 3.8) is 0 Å². The number of nitrogens with zero attached hydrogens (tertiary/aromatic N) is 1. The van der Waals surface area contributed by atoms with Crippen LogP contribution in [0.5, 0.6) is 0 Å². The van der Waals surface area contributed by atoms with E-state index in [0.29, 0.717) is 6.04 Å². The van der Waals surface area contributed by atoms with E-state index >= 15 is 0 Å². The van der Waals surface area contributed by atoms with Crippen molar-refractivity contribution in [1.29, 1.82) is 0 Å². The normalized spacial score (nSPS) is 11.2. The van der Waals surface area contributed by atoms with Gasteiger partial charge in [-0.05, 0) is 30.7 Å². The Morgan fingerprint density at radius 1 is 1.33 bits per heavy atom. The van der Waals surface area contributed by atoms with Crippen LogP contribution in [-0.4, -0.2) is 11.0 Å². The molecule has 96 valence electrons. The zero-order chi connectivity index (χ0) is 13.1. The van der Waals surface area contributed by atoms with Crippen LogP contribution in [0.2, 0.25) is 0 Å². The Bertz CT molecular complexity index is 514. The van der Waals surface area contributed by atoms with Crippen LogP contribution in [0.3, 0.4) is 0 Å². The largest absolute Gasteiger partial charge is 0.310 e. The summed E-state index contributed by atoms with van der Waals surface area (Å²) in [7, 11) is 0. The molecular weight excluding hydrogens is 247 g/mol. The van der Waals surface area contributed by atoms with E-state index in [0.717, 1.165) is 22.7 Å². The Hall–Kier alpha value is -1.26. The van der Waals surface area contributed by atoms with Crippen LogP contribution < -0.4 is 5.32 Å². The summed E-state index contributed by atoms with van der Waals surface area (Å²) in [6.45, 7) is 6.92. The second-order valence-electron chi connectivity index (χ2n) is 4.68. The minimum absolute atomic E-state index is 0.206. The van der Waals surface area contributed by atoms with E-state index in [4.69, 9.17) is 0 Å². The molecule has 0 aliphatic heterocycles. The van der Waals surface area contributed by atoms with Crippen molar-refractivity contribution in [2.75, 3.05) is 0 Å². The zero-order valence-electron chi connectivity index (χ0n) is 10.8. The Kier molecular flexibility index (Phi) is 4.09. The smallest absolute Gasteiger partial charge is 0.124 e. The van der Waals surface area contributed by atoms with Gasteiger partial charge in [0.15, 0.2) is 0 Å². The highest BCUT2D eigenvalue weighted by Crippen LogP contribution is 2.26. The number of hydrogen-bond acceptors (Lipinski definition) is 3. The van der Waals surface area contributed by atoms with Crippen molar-refractivity contribution < 1.29 is 4.39 Å². The van der Waals surface area contributed by atoms with Crippen LogP contribution in [0.25, 0.3) is 10.6 Å². The van der Waals surface area contributed by atoms with E-state index in [2.05, 4.69) is 24.1 Å². The highest BCUT2D eigenvalue weighted by Gasteiger charge is 2.07. The molecule has 0 unspecified atom stereocenters. The van der Waals surface area contributed by atoms with Crippen LogP contribution in [0.15, 0.2) is 24.4 Å². The fourth-order valence-corrected chi connectivity index (χ4v) is 2.54. The van der Waals surface area contributed by atoms with Crippen LogP contribution in [-0.2, 0) is 6.54 Å². The zero-order valence-corrected chi connectivity index (χ0v) is 11.6. The Morgan fingerprint density at radius 2 is 2.11 bits per heavy atom. The van der Waals surface area contributed by atoms with Crippen molar-refractivity contribution in [2.24, 2.45) is 0 Å². The highest BCUT2D eigenvalue weighted by molar-refractivity contribution is 7.15. The minimum atomic E-state index is -0.206. The third-order valence-electron chi connectivity index (χ3n) is 2.53. The van der Waals surface area contributed by atoms with E-state index in [-0.39, 0.29) is 5.82 Å². The molecule has 18 heavy (non-hydrogen) atoms. The number of hydrogen-bond donors (Lipinski definition) is 1. The predicted molar refractivity (Wildman–Crippen MR) is 74.2 cm³/mol. The van der Waals surface area contributed by atoms with Gasteiger partial charge in [0.05, 0.1) is 0 Å². The van der Waals surface area contributed by atoms with Gasteiger partial charge in [0.25, 0.3) is 0 Å². The number of aromatic nitrogens is 1. The Labute approximate surface area is 111 Å². The third kappa shape index (κ3) is 3.37. The lowest BCUT2D eigenvalue weighted by atomic mass is 10.1. The number of rotatable bonds is 4. The van der Waals surface area contributed by atoms with E-state index in [1.54, 1.807) is 11.3 Å². The third-order valence-corrected chi connectivity index (χ3v) is 3.57. The van der Waals surface area contributed by atoms with Crippen LogP contribution >= 0.6 is 11.3 Å². The molecule has 0 saturated carbocycles. The summed E-state index contributed by atoms with van der Waals surface area (Å²) >= 11 is 1.61. The van der Waals surface area contributed by atoms with E-state index < -0.39 is 0 Å². The first-order valence-electron chi connectivity index (χ1n) is 6.00. The molecule has 1 aromatic carbocycles. The maximum Gasteiger partial charge on any atom is 0.124 e. The lowest BCUT2D eigenvalue weighted by Crippen LogP contribution is -2.21. The van der Waals surface area contributed by atoms with Gasteiger partial charge in [0.1, 0.15) is 10.8 Å². The molecule has 0 amide bonds. The lowest BCUT2D eigenvalue weighted by molar-refractivity contribution is 0.593. The molecule has 0 aliphatic carbocycles. The van der Waals surface area contributed by atoms with E-state index in [9.17, 15) is 4.39 Å². The maximum absolute atomic E-state index is 13.3. The fourth-order valence-electron chi connectivity index (χ4n) is 1.69. The van der Waals surface area contributed by atoms with Crippen molar-refractivity contribution in [2.45, 2.75) is 33.4 Å². The van der Waals surface area contributed by atoms with Gasteiger partial charge in [-0.1, -0.05) is 13.8 Å². The maximum atomic E-state index is 13.3. The SMILES string of the molecule is Cc1cc(F)cc(-c2ncc(CNC(C)C)s2)c1. The highest BCUT2D eigenvalue weighted by atomic mass is 32.1. The number of nitrogens with one attached hydrogen (secondary N) is 1. The van der Waals surface area contributed by atoms with Crippen molar-refractivity contribution in [3.8, 4) is 10.6 Å². The Balaban J connectivity index is 2.18. The summed E-state index contributed by atoms with van der Waals surface area (Å²) in [4.78, 5) is 5.53. The van der Waals surface area contributed by atoms with E-state index in [1.165, 1.54) is 17.0 Å². The average Bonchev–Trinajstić information content (AvgIpc) is 2.73. The van der Waals surface area contributed by atoms with E-state index in [1.807, 2.05) is 19.2 Å². The molecule has 0 aliphatic rings. The van der Waals surface area contributed by atoms with Gasteiger partial charge in [-0.2, -0.15) is 0 Å². The number of halogens is 1. The molecule has 0 fully saturated rings. The standard InChI is InChI=1S/C14H17FN2S/c1-9(2)16-7-13-8-17-14(18-13)11-4-10(3)5-12(15)6-11/h4-6,8-9,16H,7H2,1-3H3. The fraction of sp³-hybridized carbons (Fsp3) is 0.357. The summed E-state index contributed by atoms with van der Waals surface area (Å²) in [5.41, 5.74) is 1.77. The van der Waals surface area contributed by atoms with Crippen LogP contribution in [0.1, 0.15) is 24.3 Å². The molecule has 0 atom stereocenters. The van der Waals surface area contributed by atoms with Crippen molar-refractivity contribution in [1.82, 2.24) is 10.3 Å². The average molecular weight is 264 g/mol. The number of benzene rings is 1. The molecule has 1 aromatic heterocycles. The first-order chi connectivity index (χ1) is 8.54. The van der Waals surface area contributed by atoms with Gasteiger partial charge in [-0.25, -0.2) is 9.37 Å². The van der Waals surface area contributed by atoms with Gasteiger partial charge in [0, 0.05) is 29.2 Å². The van der Waals surface area contributed by atoms with Gasteiger partial charge in [0.2, 0.25) is 0 Å². The molecule has 0 saturated heterocycles. The summed E-state index contributed by atoms with van der Waals surface area (Å²) < 4.78 is 13.3. The minimum Gasteiger partial charge on any atom is -0.310 e. The van der Waals surface area contributed by atoms with Gasteiger partial charge < -0.3 is 5.32 Å². The number of thiazole rings is 1. The molecule has 4 heteroatoms. The molecule has 0 radical (unpaired) electrons. The molecule has 0 bridgehead atoms. The molecule has 2 rings (SSSR count). The Morgan fingerprint density at radius 3 is 2.78 bits per heavy atom. The van der Waals surface area contributed by atoms with Gasteiger partial charge >= 0.3 is 0 Å². The topological polar surface area (TPSA) is 24.9 Å². The molecule has 2 nitrogen and oxygen atoms in total. The van der Waals surface area contributed by atoms with Crippen molar-refractivity contribution >= 4 is 11.3 Å². The van der Waals surface area contributed by atoms with Crippen LogP contribution in [0, 0.1) is 12.7 Å². The summed E-state index contributed by atoms with van der Waals surface area (Å²) in [5.74, 6) is -0.206. The first-order valence-corrected chi connectivity index (χ1v) is 6.82. The molecular formula is C14H17FN2S. The van der Waals surface area contributed by atoms with Crippen molar-refractivity contribution in [3.05, 3.63) is 40.7 Å². The second kappa shape index (κ2) is 5.59. The van der Waals surface area contributed by atoms with Gasteiger partial charge in [-0.3, -0.25) is 0 Å². The molecule has 1 heterocycles. The molecule has 2 aromatic rings. The van der Waals surface area contributed by atoms with Gasteiger partial charge in [-0.15, -0.1) is 11.3 Å².